The van der Waals surface area contributed by atoms with Crippen molar-refractivity contribution in [1.82, 2.24) is 20.2 Å². The number of fused-ring (bicyclic) bond motifs is 1. The molecular formula is C15H17N5OS. The number of hydrogen-bond donors (Lipinski definition) is 2. The number of thioether (sulfide) groups is 1. The first-order chi connectivity index (χ1) is 10.8. The Hall–Kier alpha value is -2.28. The Morgan fingerprint density at radius 2 is 2.05 bits per heavy atom. The van der Waals surface area contributed by atoms with Gasteiger partial charge in [0.15, 0.2) is 5.65 Å². The van der Waals surface area contributed by atoms with Crippen molar-refractivity contribution in [3.05, 3.63) is 36.2 Å². The molecule has 0 bridgehead atoms. The Labute approximate surface area is 132 Å². The van der Waals surface area contributed by atoms with E-state index in [9.17, 15) is 0 Å². The van der Waals surface area contributed by atoms with Gasteiger partial charge in [0.25, 0.3) is 0 Å². The summed E-state index contributed by atoms with van der Waals surface area (Å²) in [5, 5.41) is 12.3. The fourth-order valence-corrected chi connectivity index (χ4v) is 2.70. The molecular weight excluding hydrogens is 298 g/mol. The van der Waals surface area contributed by atoms with E-state index in [1.54, 1.807) is 11.8 Å². The smallest absolute Gasteiger partial charge is 0.161 e. The maximum Gasteiger partial charge on any atom is 0.161 e. The summed E-state index contributed by atoms with van der Waals surface area (Å²) in [5.41, 5.74) is 1.90. The molecule has 2 N–H and O–H groups in total. The first-order valence-electron chi connectivity index (χ1n) is 7.00. The van der Waals surface area contributed by atoms with Crippen molar-refractivity contribution < 1.29 is 4.74 Å². The zero-order chi connectivity index (χ0) is 15.4. The molecule has 1 aromatic carbocycles. The minimum Gasteiger partial charge on any atom is -0.494 e. The van der Waals surface area contributed by atoms with Gasteiger partial charge in [-0.3, -0.25) is 5.10 Å². The molecule has 0 saturated carbocycles. The zero-order valence-corrected chi connectivity index (χ0v) is 13.3. The van der Waals surface area contributed by atoms with Crippen LogP contribution in [0.2, 0.25) is 0 Å². The van der Waals surface area contributed by atoms with Crippen LogP contribution in [0.25, 0.3) is 11.0 Å². The highest BCUT2D eigenvalue weighted by molar-refractivity contribution is 7.98. The molecule has 0 aliphatic carbocycles. The first kappa shape index (κ1) is 14.6. The summed E-state index contributed by atoms with van der Waals surface area (Å²) >= 11 is 1.57. The summed E-state index contributed by atoms with van der Waals surface area (Å²) < 4.78 is 5.44. The number of hydrogen-bond acceptors (Lipinski definition) is 6. The van der Waals surface area contributed by atoms with Crippen molar-refractivity contribution in [1.29, 1.82) is 0 Å². The second-order valence-corrected chi connectivity index (χ2v) is 5.40. The lowest BCUT2D eigenvalue weighted by molar-refractivity contribution is 0.340. The third-order valence-electron chi connectivity index (χ3n) is 3.21. The standard InChI is InChI=1S/C15H17N5OS/c1-3-21-11-6-4-10(5-7-11)8-16-13-12-14(18-9-17-13)19-20-15(12)22-2/h4-7,9H,3,8H2,1-2H3,(H2,16,17,18,19,20). The maximum atomic E-state index is 5.44. The van der Waals surface area contributed by atoms with Crippen LogP contribution in [0.5, 0.6) is 5.75 Å². The van der Waals surface area contributed by atoms with Gasteiger partial charge in [0.2, 0.25) is 0 Å². The van der Waals surface area contributed by atoms with Gasteiger partial charge < -0.3 is 10.1 Å². The van der Waals surface area contributed by atoms with E-state index < -0.39 is 0 Å². The van der Waals surface area contributed by atoms with Gasteiger partial charge in [0.1, 0.15) is 22.9 Å². The quantitative estimate of drug-likeness (QED) is 0.681. The molecule has 0 aliphatic rings. The molecule has 0 atom stereocenters. The average Bonchev–Trinajstić information content (AvgIpc) is 2.98. The lowest BCUT2D eigenvalue weighted by Crippen LogP contribution is -2.02. The highest BCUT2D eigenvalue weighted by Gasteiger charge is 2.11. The molecule has 3 rings (SSSR count). The second kappa shape index (κ2) is 6.65. The summed E-state index contributed by atoms with van der Waals surface area (Å²) in [6.45, 7) is 3.33. The van der Waals surface area contributed by atoms with Crippen LogP contribution in [-0.2, 0) is 6.54 Å². The Balaban J connectivity index is 1.77. The molecule has 6 nitrogen and oxygen atoms in total. The van der Waals surface area contributed by atoms with Crippen LogP contribution < -0.4 is 10.1 Å². The number of H-pyrrole nitrogens is 1. The van der Waals surface area contributed by atoms with Crippen molar-refractivity contribution in [2.75, 3.05) is 18.2 Å². The SMILES string of the molecule is CCOc1ccc(CNc2ncnc3[nH]nc(SC)c23)cc1. The van der Waals surface area contributed by atoms with E-state index in [0.29, 0.717) is 13.2 Å². The highest BCUT2D eigenvalue weighted by atomic mass is 32.2. The maximum absolute atomic E-state index is 5.44. The van der Waals surface area contributed by atoms with Gasteiger partial charge in [-0.1, -0.05) is 12.1 Å². The molecule has 114 valence electrons. The first-order valence-corrected chi connectivity index (χ1v) is 8.23. The van der Waals surface area contributed by atoms with E-state index in [-0.39, 0.29) is 0 Å². The van der Waals surface area contributed by atoms with Crippen molar-refractivity contribution >= 4 is 28.6 Å². The Morgan fingerprint density at radius 1 is 1.23 bits per heavy atom. The Morgan fingerprint density at radius 3 is 2.77 bits per heavy atom. The monoisotopic (exact) mass is 315 g/mol. The molecule has 2 aromatic heterocycles. The number of aromatic amines is 1. The predicted octanol–water partition coefficient (Wildman–Crippen LogP) is 3.09. The highest BCUT2D eigenvalue weighted by Crippen LogP contribution is 2.27. The third-order valence-corrected chi connectivity index (χ3v) is 3.89. The summed E-state index contributed by atoms with van der Waals surface area (Å²) in [5.74, 6) is 1.67. The minimum absolute atomic E-state index is 0.675. The normalized spacial score (nSPS) is 10.8. The summed E-state index contributed by atoms with van der Waals surface area (Å²) in [6.07, 6.45) is 3.52. The average molecular weight is 315 g/mol. The molecule has 0 saturated heterocycles. The molecule has 3 aromatic rings. The summed E-state index contributed by atoms with van der Waals surface area (Å²) in [7, 11) is 0. The second-order valence-electron chi connectivity index (χ2n) is 4.61. The zero-order valence-electron chi connectivity index (χ0n) is 12.5. The summed E-state index contributed by atoms with van der Waals surface area (Å²) in [6, 6.07) is 8.03. The minimum atomic E-state index is 0.675. The van der Waals surface area contributed by atoms with Crippen molar-refractivity contribution in [2.45, 2.75) is 18.5 Å². The third kappa shape index (κ3) is 2.99. The molecule has 0 fully saturated rings. The number of aromatic nitrogens is 4. The number of nitrogens with one attached hydrogen (secondary N) is 2. The van der Waals surface area contributed by atoms with Crippen molar-refractivity contribution in [2.24, 2.45) is 0 Å². The van der Waals surface area contributed by atoms with E-state index in [4.69, 9.17) is 4.74 Å². The van der Waals surface area contributed by atoms with Crippen LogP contribution in [0.3, 0.4) is 0 Å². The lowest BCUT2D eigenvalue weighted by atomic mass is 10.2. The number of ether oxygens (including phenoxy) is 1. The van der Waals surface area contributed by atoms with E-state index in [2.05, 4.69) is 25.5 Å². The largest absolute Gasteiger partial charge is 0.494 e. The van der Waals surface area contributed by atoms with Gasteiger partial charge in [-0.05, 0) is 30.9 Å². The molecule has 2 heterocycles. The van der Waals surface area contributed by atoms with Gasteiger partial charge >= 0.3 is 0 Å². The predicted molar refractivity (Wildman–Crippen MR) is 88.4 cm³/mol. The topological polar surface area (TPSA) is 75.7 Å². The molecule has 0 unspecified atom stereocenters. The fraction of sp³-hybridized carbons (Fsp3) is 0.267. The van der Waals surface area contributed by atoms with Crippen LogP contribution >= 0.6 is 11.8 Å². The lowest BCUT2D eigenvalue weighted by Gasteiger charge is -2.08. The van der Waals surface area contributed by atoms with E-state index in [1.165, 1.54) is 6.33 Å². The van der Waals surface area contributed by atoms with Gasteiger partial charge in [-0.25, -0.2) is 9.97 Å². The van der Waals surface area contributed by atoms with Crippen LogP contribution in [-0.4, -0.2) is 33.0 Å². The van der Waals surface area contributed by atoms with E-state index in [1.807, 2.05) is 37.4 Å². The van der Waals surface area contributed by atoms with E-state index in [0.717, 1.165) is 33.2 Å². The van der Waals surface area contributed by atoms with Crippen LogP contribution in [0.1, 0.15) is 12.5 Å². The molecule has 22 heavy (non-hydrogen) atoms. The molecule has 0 radical (unpaired) electrons. The van der Waals surface area contributed by atoms with Gasteiger partial charge in [-0.2, -0.15) is 5.10 Å². The van der Waals surface area contributed by atoms with Gasteiger partial charge in [0, 0.05) is 6.54 Å². The molecule has 0 spiro atoms. The number of benzene rings is 1. The van der Waals surface area contributed by atoms with E-state index >= 15 is 0 Å². The molecule has 0 amide bonds. The van der Waals surface area contributed by atoms with Crippen LogP contribution in [0.4, 0.5) is 5.82 Å². The fourth-order valence-electron chi connectivity index (χ4n) is 2.17. The number of rotatable bonds is 6. The molecule has 0 aliphatic heterocycles. The van der Waals surface area contributed by atoms with Gasteiger partial charge in [0.05, 0.1) is 12.0 Å². The Bertz CT molecular complexity index is 756. The number of anilines is 1. The molecule has 7 heteroatoms. The van der Waals surface area contributed by atoms with Crippen LogP contribution in [0, 0.1) is 0 Å². The number of nitrogens with zero attached hydrogens (tertiary/aromatic N) is 3. The Kier molecular flexibility index (Phi) is 4.43. The van der Waals surface area contributed by atoms with Crippen LogP contribution in [0.15, 0.2) is 35.6 Å². The summed E-state index contributed by atoms with van der Waals surface area (Å²) in [4.78, 5) is 8.53. The van der Waals surface area contributed by atoms with Gasteiger partial charge in [-0.15, -0.1) is 11.8 Å². The van der Waals surface area contributed by atoms with Crippen molar-refractivity contribution in [3.8, 4) is 5.75 Å². The van der Waals surface area contributed by atoms with Crippen molar-refractivity contribution in [3.63, 3.8) is 0 Å².